The summed E-state index contributed by atoms with van der Waals surface area (Å²) >= 11 is 1.97. The second kappa shape index (κ2) is 4.14. The second-order valence-electron chi connectivity index (χ2n) is 3.33. The Morgan fingerprint density at radius 2 is 2.15 bits per heavy atom. The van der Waals surface area contributed by atoms with Crippen LogP contribution in [0.15, 0.2) is 18.2 Å². The fourth-order valence-electron chi connectivity index (χ4n) is 1.76. The van der Waals surface area contributed by atoms with Gasteiger partial charge in [0.2, 0.25) is 0 Å². The number of halogens is 1. The number of hydrogen-bond acceptors (Lipinski definition) is 1. The van der Waals surface area contributed by atoms with Crippen molar-refractivity contribution in [1.82, 2.24) is 0 Å². The summed E-state index contributed by atoms with van der Waals surface area (Å²) < 4.78 is 13.3. The highest BCUT2D eigenvalue weighted by molar-refractivity contribution is 7.99. The predicted octanol–water partition coefficient (Wildman–Crippen LogP) is 3.24. The van der Waals surface area contributed by atoms with Gasteiger partial charge in [0.1, 0.15) is 5.82 Å². The first kappa shape index (κ1) is 9.07. The lowest BCUT2D eigenvalue weighted by atomic mass is 9.93. The van der Waals surface area contributed by atoms with Crippen molar-refractivity contribution in [3.8, 4) is 0 Å². The molecule has 0 N–H and O–H groups in total. The molecule has 0 aliphatic carbocycles. The van der Waals surface area contributed by atoms with Crippen LogP contribution >= 0.6 is 11.8 Å². The van der Waals surface area contributed by atoms with Crippen molar-refractivity contribution in [2.24, 2.45) is 0 Å². The molecule has 2 rings (SSSR count). The van der Waals surface area contributed by atoms with E-state index in [1.165, 1.54) is 17.6 Å². The fourth-order valence-corrected chi connectivity index (χ4v) is 2.87. The number of hydrogen-bond donors (Lipinski definition) is 0. The molecule has 0 nitrogen and oxygen atoms in total. The lowest BCUT2D eigenvalue weighted by Gasteiger charge is -2.21. The van der Waals surface area contributed by atoms with Crippen molar-refractivity contribution < 1.29 is 4.39 Å². The van der Waals surface area contributed by atoms with Crippen molar-refractivity contribution in [3.63, 3.8) is 0 Å². The van der Waals surface area contributed by atoms with Gasteiger partial charge in [-0.1, -0.05) is 12.1 Å². The highest BCUT2D eigenvalue weighted by atomic mass is 32.2. The molecule has 0 unspecified atom stereocenters. The molecule has 1 fully saturated rings. The number of thioether (sulfide) groups is 1. The Balaban J connectivity index is 2.18. The summed E-state index contributed by atoms with van der Waals surface area (Å²) in [5.74, 6) is 2.70. The maximum atomic E-state index is 13.3. The summed E-state index contributed by atoms with van der Waals surface area (Å²) in [7, 11) is 0. The van der Waals surface area contributed by atoms with Crippen LogP contribution in [0.4, 0.5) is 4.39 Å². The zero-order valence-corrected chi connectivity index (χ0v) is 8.24. The highest BCUT2D eigenvalue weighted by Crippen LogP contribution is 2.32. The van der Waals surface area contributed by atoms with Gasteiger partial charge < -0.3 is 0 Å². The minimum absolute atomic E-state index is 0.0839. The minimum Gasteiger partial charge on any atom is -0.207 e. The normalized spacial score (nSPS) is 18.8. The molecular formula is C11H12FS. The number of benzene rings is 1. The van der Waals surface area contributed by atoms with Crippen LogP contribution in [0.2, 0.25) is 0 Å². The topological polar surface area (TPSA) is 0 Å². The van der Waals surface area contributed by atoms with E-state index in [0.29, 0.717) is 5.92 Å². The molecule has 1 heterocycles. The Morgan fingerprint density at radius 1 is 1.38 bits per heavy atom. The molecule has 69 valence electrons. The first-order chi connectivity index (χ1) is 6.38. The molecule has 0 bridgehead atoms. The van der Waals surface area contributed by atoms with Crippen LogP contribution in [-0.4, -0.2) is 11.5 Å². The SMILES string of the molecule is Fc1c[c]ccc1C1CCSCC1. The quantitative estimate of drug-likeness (QED) is 0.663. The van der Waals surface area contributed by atoms with Crippen LogP contribution in [0.25, 0.3) is 0 Å². The molecule has 0 atom stereocenters. The van der Waals surface area contributed by atoms with Crippen molar-refractivity contribution in [1.29, 1.82) is 0 Å². The van der Waals surface area contributed by atoms with Gasteiger partial charge in [0.05, 0.1) is 0 Å². The van der Waals surface area contributed by atoms with Gasteiger partial charge >= 0.3 is 0 Å². The van der Waals surface area contributed by atoms with E-state index in [9.17, 15) is 4.39 Å². The molecule has 1 aliphatic heterocycles. The van der Waals surface area contributed by atoms with E-state index in [1.54, 1.807) is 6.07 Å². The third kappa shape index (κ3) is 2.05. The zero-order valence-electron chi connectivity index (χ0n) is 7.42. The lowest BCUT2D eigenvalue weighted by Crippen LogP contribution is -2.09. The largest absolute Gasteiger partial charge is 0.207 e. The van der Waals surface area contributed by atoms with Gasteiger partial charge in [-0.25, -0.2) is 4.39 Å². The van der Waals surface area contributed by atoms with E-state index >= 15 is 0 Å². The summed E-state index contributed by atoms with van der Waals surface area (Å²) in [4.78, 5) is 0. The molecule has 13 heavy (non-hydrogen) atoms. The van der Waals surface area contributed by atoms with E-state index in [2.05, 4.69) is 6.07 Å². The fraction of sp³-hybridized carbons (Fsp3) is 0.455. The van der Waals surface area contributed by atoms with Crippen molar-refractivity contribution in [2.45, 2.75) is 18.8 Å². The van der Waals surface area contributed by atoms with Crippen molar-refractivity contribution in [2.75, 3.05) is 11.5 Å². The van der Waals surface area contributed by atoms with Crippen molar-refractivity contribution in [3.05, 3.63) is 35.6 Å². The predicted molar refractivity (Wildman–Crippen MR) is 54.5 cm³/mol. The summed E-state index contributed by atoms with van der Waals surface area (Å²) in [5.41, 5.74) is 0.888. The third-order valence-corrected chi connectivity index (χ3v) is 3.55. The van der Waals surface area contributed by atoms with E-state index in [-0.39, 0.29) is 5.82 Å². The van der Waals surface area contributed by atoms with Gasteiger partial charge in [-0.2, -0.15) is 11.8 Å². The average molecular weight is 195 g/mol. The lowest BCUT2D eigenvalue weighted by molar-refractivity contribution is 0.556. The molecule has 1 aromatic carbocycles. The van der Waals surface area contributed by atoms with Gasteiger partial charge in [0.15, 0.2) is 0 Å². The van der Waals surface area contributed by atoms with Crippen LogP contribution in [0.1, 0.15) is 24.3 Å². The monoisotopic (exact) mass is 195 g/mol. The Hall–Kier alpha value is -0.500. The zero-order chi connectivity index (χ0) is 9.10. The number of rotatable bonds is 1. The summed E-state index contributed by atoms with van der Waals surface area (Å²) in [6.45, 7) is 0. The molecule has 0 amide bonds. The molecular weight excluding hydrogens is 183 g/mol. The van der Waals surface area contributed by atoms with Crippen LogP contribution in [-0.2, 0) is 0 Å². The van der Waals surface area contributed by atoms with Crippen molar-refractivity contribution >= 4 is 11.8 Å². The summed E-state index contributed by atoms with van der Waals surface area (Å²) in [5, 5.41) is 0. The second-order valence-corrected chi connectivity index (χ2v) is 4.56. The molecule has 1 radical (unpaired) electrons. The third-order valence-electron chi connectivity index (χ3n) is 2.51. The van der Waals surface area contributed by atoms with Crippen LogP contribution in [0.5, 0.6) is 0 Å². The first-order valence-electron chi connectivity index (χ1n) is 4.61. The van der Waals surface area contributed by atoms with Crippen LogP contribution in [0.3, 0.4) is 0 Å². The van der Waals surface area contributed by atoms with E-state index in [4.69, 9.17) is 0 Å². The Kier molecular flexibility index (Phi) is 2.89. The maximum Gasteiger partial charge on any atom is 0.127 e. The van der Waals surface area contributed by atoms with E-state index < -0.39 is 0 Å². The molecule has 2 heteroatoms. The molecule has 0 aromatic heterocycles. The highest BCUT2D eigenvalue weighted by Gasteiger charge is 2.18. The molecule has 1 saturated heterocycles. The molecule has 1 aromatic rings. The standard InChI is InChI=1S/C11H12FS/c12-11-4-2-1-3-10(11)9-5-7-13-8-6-9/h1,3-4,9H,5-8H2. The van der Waals surface area contributed by atoms with Crippen LogP contribution in [0, 0.1) is 11.9 Å². The van der Waals surface area contributed by atoms with Gasteiger partial charge in [-0.3, -0.25) is 0 Å². The van der Waals surface area contributed by atoms with Crippen LogP contribution < -0.4 is 0 Å². The van der Waals surface area contributed by atoms with Gasteiger partial charge in [-0.05, 0) is 48.0 Å². The van der Waals surface area contributed by atoms with E-state index in [1.807, 2.05) is 17.8 Å². The minimum atomic E-state index is -0.0839. The van der Waals surface area contributed by atoms with Gasteiger partial charge in [0.25, 0.3) is 0 Å². The first-order valence-corrected chi connectivity index (χ1v) is 5.76. The maximum absolute atomic E-state index is 13.3. The Labute approximate surface area is 82.5 Å². The molecule has 0 spiro atoms. The van der Waals surface area contributed by atoms with E-state index in [0.717, 1.165) is 18.4 Å². The average Bonchev–Trinajstić information content (AvgIpc) is 2.20. The molecule has 1 aliphatic rings. The van der Waals surface area contributed by atoms with Gasteiger partial charge in [-0.15, -0.1) is 0 Å². The Bertz CT molecular complexity index is 279. The summed E-state index contributed by atoms with van der Waals surface area (Å²) in [6.07, 6.45) is 2.23. The Morgan fingerprint density at radius 3 is 2.85 bits per heavy atom. The smallest absolute Gasteiger partial charge is 0.127 e. The molecule has 0 saturated carbocycles. The van der Waals surface area contributed by atoms with Gasteiger partial charge in [0, 0.05) is 0 Å². The summed E-state index contributed by atoms with van der Waals surface area (Å²) in [6, 6.07) is 7.88.